The summed E-state index contributed by atoms with van der Waals surface area (Å²) >= 11 is 0. The fourth-order valence-corrected chi connectivity index (χ4v) is 6.00. The van der Waals surface area contributed by atoms with E-state index in [0.717, 1.165) is 72.7 Å². The van der Waals surface area contributed by atoms with Crippen LogP contribution >= 0.6 is 0 Å². The molecule has 0 saturated carbocycles. The lowest BCUT2D eigenvalue weighted by Crippen LogP contribution is -2.15. The predicted molar refractivity (Wildman–Crippen MR) is 215 cm³/mol. The van der Waals surface area contributed by atoms with Gasteiger partial charge >= 0.3 is 0 Å². The normalized spacial score (nSPS) is 11.2. The Hall–Kier alpha value is -6.65. The highest BCUT2D eigenvalue weighted by Crippen LogP contribution is 2.36. The van der Waals surface area contributed by atoms with Crippen LogP contribution in [0.4, 0.5) is 11.4 Å². The van der Waals surface area contributed by atoms with E-state index < -0.39 is 0 Å². The molecule has 4 nitrogen and oxygen atoms in total. The number of hydrogen-bond acceptors (Lipinski definition) is 4. The third-order valence-electron chi connectivity index (χ3n) is 8.75. The van der Waals surface area contributed by atoms with Crippen LogP contribution in [-0.2, 0) is 0 Å². The maximum Gasteiger partial charge on any atom is 0.118 e. The van der Waals surface area contributed by atoms with E-state index in [1.54, 1.807) is 14.2 Å². The lowest BCUT2D eigenvalue weighted by molar-refractivity contribution is 0.414. The fraction of sp³-hybridized carbons (Fsp3) is 0.0426. The Morgan fingerprint density at radius 3 is 1.41 bits per heavy atom. The van der Waals surface area contributed by atoms with Crippen molar-refractivity contribution in [1.29, 1.82) is 0 Å². The number of fused-ring (bicyclic) bond motifs is 1. The van der Waals surface area contributed by atoms with Gasteiger partial charge in [0.2, 0.25) is 0 Å². The summed E-state index contributed by atoms with van der Waals surface area (Å²) in [5.41, 5.74) is 9.32. The second-order valence-corrected chi connectivity index (χ2v) is 12.0. The number of rotatable bonds is 11. The van der Waals surface area contributed by atoms with Crippen molar-refractivity contribution in [2.24, 2.45) is 5.10 Å². The van der Waals surface area contributed by atoms with Gasteiger partial charge in [0.25, 0.3) is 0 Å². The van der Waals surface area contributed by atoms with Crippen LogP contribution < -0.4 is 14.5 Å². The standard InChI is InChI=1S/C47H38N2O2/c1-50-42-30-22-36(23-31-42)18-17-35-20-28-41(29-21-35)49(48-47(39-11-5-3-6-12-39)40-13-7-4-8-14-40)46-34-27-38(44-15-9-10-16-45(44)46)26-19-37-24-32-43(51-2)33-25-37/h3-34H,1-2H3. The molecule has 0 fully saturated rings. The molecule has 0 N–H and O–H groups in total. The van der Waals surface area contributed by atoms with E-state index in [0.29, 0.717) is 0 Å². The summed E-state index contributed by atoms with van der Waals surface area (Å²) in [4.78, 5) is 0. The van der Waals surface area contributed by atoms with Crippen LogP contribution in [0.1, 0.15) is 33.4 Å². The number of hydrazone groups is 1. The molecule has 0 aliphatic heterocycles. The van der Waals surface area contributed by atoms with Gasteiger partial charge in [-0.1, -0.05) is 152 Å². The Balaban J connectivity index is 1.33. The lowest BCUT2D eigenvalue weighted by Gasteiger charge is -2.24. The van der Waals surface area contributed by atoms with Gasteiger partial charge in [-0.15, -0.1) is 0 Å². The van der Waals surface area contributed by atoms with Crippen molar-refractivity contribution in [3.8, 4) is 11.5 Å². The number of nitrogens with zero attached hydrogens (tertiary/aromatic N) is 2. The molecular weight excluding hydrogens is 625 g/mol. The molecule has 0 unspecified atom stereocenters. The zero-order chi connectivity index (χ0) is 34.8. The summed E-state index contributed by atoms with van der Waals surface area (Å²) in [5, 5.41) is 9.79. The van der Waals surface area contributed by atoms with Crippen LogP contribution in [0.3, 0.4) is 0 Å². The molecule has 0 atom stereocenters. The van der Waals surface area contributed by atoms with Crippen LogP contribution in [-0.4, -0.2) is 19.9 Å². The molecule has 0 saturated heterocycles. The van der Waals surface area contributed by atoms with E-state index in [-0.39, 0.29) is 0 Å². The zero-order valence-corrected chi connectivity index (χ0v) is 28.7. The number of ether oxygens (including phenoxy) is 2. The van der Waals surface area contributed by atoms with Gasteiger partial charge in [-0.25, -0.2) is 5.01 Å². The van der Waals surface area contributed by atoms with Gasteiger partial charge in [-0.05, 0) is 70.1 Å². The molecular formula is C47H38N2O2. The van der Waals surface area contributed by atoms with Gasteiger partial charge in [-0.2, -0.15) is 5.10 Å². The summed E-state index contributed by atoms with van der Waals surface area (Å²) in [6, 6.07) is 58.3. The van der Waals surface area contributed by atoms with Crippen molar-refractivity contribution in [3.63, 3.8) is 0 Å². The highest BCUT2D eigenvalue weighted by molar-refractivity contribution is 6.14. The van der Waals surface area contributed by atoms with Crippen LogP contribution in [0.2, 0.25) is 0 Å². The molecule has 248 valence electrons. The van der Waals surface area contributed by atoms with Crippen molar-refractivity contribution in [3.05, 3.63) is 203 Å². The average Bonchev–Trinajstić information content (AvgIpc) is 3.21. The van der Waals surface area contributed by atoms with Crippen LogP contribution in [0, 0.1) is 0 Å². The van der Waals surface area contributed by atoms with Crippen molar-refractivity contribution in [2.75, 3.05) is 19.2 Å². The maximum atomic E-state index is 5.48. The highest BCUT2D eigenvalue weighted by atomic mass is 16.5. The Morgan fingerprint density at radius 2 is 0.902 bits per heavy atom. The molecule has 7 aromatic carbocycles. The number of hydrogen-bond donors (Lipinski definition) is 0. The van der Waals surface area contributed by atoms with Crippen molar-refractivity contribution >= 4 is 52.2 Å². The maximum absolute atomic E-state index is 5.48. The summed E-state index contributed by atoms with van der Waals surface area (Å²) < 4.78 is 10.7. The molecule has 0 amide bonds. The first-order chi connectivity index (χ1) is 25.2. The topological polar surface area (TPSA) is 34.1 Å². The van der Waals surface area contributed by atoms with E-state index in [2.05, 4.69) is 163 Å². The predicted octanol–water partition coefficient (Wildman–Crippen LogP) is 11.8. The minimum absolute atomic E-state index is 0.842. The minimum Gasteiger partial charge on any atom is -0.497 e. The van der Waals surface area contributed by atoms with E-state index >= 15 is 0 Å². The Bertz CT molecular complexity index is 2250. The second-order valence-electron chi connectivity index (χ2n) is 12.0. The molecule has 7 rings (SSSR count). The summed E-state index contributed by atoms with van der Waals surface area (Å²) in [5.74, 6) is 1.69. The summed E-state index contributed by atoms with van der Waals surface area (Å²) in [6.07, 6.45) is 8.54. The minimum atomic E-state index is 0.842. The van der Waals surface area contributed by atoms with E-state index in [1.165, 1.54) is 0 Å². The quantitative estimate of drug-likeness (QED) is 0.0785. The van der Waals surface area contributed by atoms with Gasteiger partial charge in [0, 0.05) is 16.5 Å². The molecule has 0 heterocycles. The fourth-order valence-electron chi connectivity index (χ4n) is 6.00. The van der Waals surface area contributed by atoms with E-state index in [9.17, 15) is 0 Å². The molecule has 51 heavy (non-hydrogen) atoms. The van der Waals surface area contributed by atoms with Gasteiger partial charge in [0.15, 0.2) is 0 Å². The number of anilines is 2. The molecule has 0 aliphatic carbocycles. The lowest BCUT2D eigenvalue weighted by atomic mass is 10.0. The highest BCUT2D eigenvalue weighted by Gasteiger charge is 2.17. The van der Waals surface area contributed by atoms with Crippen LogP contribution in [0.15, 0.2) is 175 Å². The van der Waals surface area contributed by atoms with Crippen LogP contribution in [0.5, 0.6) is 11.5 Å². The Morgan fingerprint density at radius 1 is 0.451 bits per heavy atom. The first kappa shape index (κ1) is 32.9. The second kappa shape index (κ2) is 15.7. The van der Waals surface area contributed by atoms with Gasteiger partial charge < -0.3 is 9.47 Å². The molecule has 0 spiro atoms. The average molecular weight is 663 g/mol. The summed E-state index contributed by atoms with van der Waals surface area (Å²) in [6.45, 7) is 0. The molecule has 7 aromatic rings. The molecule has 4 heteroatoms. The van der Waals surface area contributed by atoms with Gasteiger partial charge in [-0.3, -0.25) is 0 Å². The SMILES string of the molecule is COc1ccc(C=Cc2ccc(N(N=C(c3ccccc3)c3ccccc3)c3ccc(C=Cc4ccc(OC)cc4)c4ccccc34)cc2)cc1. The molecule has 0 aromatic heterocycles. The van der Waals surface area contributed by atoms with Gasteiger partial charge in [0.05, 0.1) is 31.3 Å². The molecule has 0 aliphatic rings. The number of benzene rings is 7. The third kappa shape index (κ3) is 7.82. The Kier molecular flexibility index (Phi) is 10.1. The largest absolute Gasteiger partial charge is 0.497 e. The van der Waals surface area contributed by atoms with Crippen molar-refractivity contribution in [1.82, 2.24) is 0 Å². The summed E-state index contributed by atoms with van der Waals surface area (Å²) in [7, 11) is 3.37. The third-order valence-corrected chi connectivity index (χ3v) is 8.75. The first-order valence-electron chi connectivity index (χ1n) is 16.9. The molecule has 0 bridgehead atoms. The van der Waals surface area contributed by atoms with Crippen molar-refractivity contribution < 1.29 is 9.47 Å². The molecule has 0 radical (unpaired) electrons. The smallest absolute Gasteiger partial charge is 0.118 e. The monoisotopic (exact) mass is 662 g/mol. The van der Waals surface area contributed by atoms with Crippen LogP contribution in [0.25, 0.3) is 35.1 Å². The van der Waals surface area contributed by atoms with Crippen molar-refractivity contribution in [2.45, 2.75) is 0 Å². The number of methoxy groups -OCH3 is 2. The zero-order valence-electron chi connectivity index (χ0n) is 28.7. The first-order valence-corrected chi connectivity index (χ1v) is 16.9. The Labute approximate surface area is 299 Å². The van der Waals surface area contributed by atoms with E-state index in [4.69, 9.17) is 14.6 Å². The van der Waals surface area contributed by atoms with Gasteiger partial charge in [0.1, 0.15) is 11.5 Å². The van der Waals surface area contributed by atoms with E-state index in [1.807, 2.05) is 36.4 Å².